The minimum atomic E-state index is -2.84. The molecule has 0 spiro atoms. The van der Waals surface area contributed by atoms with Gasteiger partial charge in [-0.15, -0.1) is 0 Å². The van der Waals surface area contributed by atoms with E-state index in [1.165, 1.54) is 0 Å². The Balaban J connectivity index is 3.34. The zero-order valence-electron chi connectivity index (χ0n) is 7.41. The Hall–Kier alpha value is -2.21. The van der Waals surface area contributed by atoms with Crippen LogP contribution in [0.3, 0.4) is 0 Å². The second kappa shape index (κ2) is 4.34. The molecule has 15 heavy (non-hydrogen) atoms. The van der Waals surface area contributed by atoms with Gasteiger partial charge in [0.1, 0.15) is 11.8 Å². The molecule has 0 saturated heterocycles. The first-order valence-corrected chi connectivity index (χ1v) is 3.88. The van der Waals surface area contributed by atoms with E-state index in [0.29, 0.717) is 0 Å². The molecule has 6 heteroatoms. The Morgan fingerprint density at radius 3 is 2.60 bits per heavy atom. The normalized spacial score (nSPS) is 9.67. The fourth-order valence-electron chi connectivity index (χ4n) is 1.01. The average molecular weight is 209 g/mol. The van der Waals surface area contributed by atoms with Crippen molar-refractivity contribution < 1.29 is 13.9 Å². The molecule has 0 fully saturated rings. The lowest BCUT2D eigenvalue weighted by Gasteiger charge is -2.05. The van der Waals surface area contributed by atoms with E-state index in [0.717, 1.165) is 6.07 Å². The zero-order valence-corrected chi connectivity index (χ0v) is 7.41. The van der Waals surface area contributed by atoms with Crippen molar-refractivity contribution in [3.63, 3.8) is 0 Å². The molecule has 0 unspecified atom stereocenters. The Bertz CT molecular complexity index is 460. The number of rotatable bonds is 2. The first-order chi connectivity index (χ1) is 7.10. The minimum Gasteiger partial charge on any atom is -0.505 e. The SMILES string of the molecule is N#CCc1nc(C(F)F)cc(C#N)c1O. The van der Waals surface area contributed by atoms with Gasteiger partial charge in [-0.1, -0.05) is 0 Å². The second-order valence-corrected chi connectivity index (χ2v) is 2.64. The molecule has 0 aliphatic rings. The van der Waals surface area contributed by atoms with Crippen LogP contribution in [0.5, 0.6) is 5.75 Å². The lowest BCUT2D eigenvalue weighted by molar-refractivity contribution is 0.145. The van der Waals surface area contributed by atoms with Gasteiger partial charge >= 0.3 is 0 Å². The minimum absolute atomic E-state index is 0.202. The van der Waals surface area contributed by atoms with Crippen molar-refractivity contribution in [1.82, 2.24) is 4.98 Å². The number of pyridine rings is 1. The van der Waals surface area contributed by atoms with E-state index in [4.69, 9.17) is 10.5 Å². The van der Waals surface area contributed by atoms with Crippen LogP contribution in [0.4, 0.5) is 8.78 Å². The molecule has 0 aliphatic carbocycles. The highest BCUT2D eigenvalue weighted by molar-refractivity contribution is 5.46. The number of nitriles is 2. The summed E-state index contributed by atoms with van der Waals surface area (Å²) in [6, 6.07) is 4.03. The molecule has 1 rings (SSSR count). The van der Waals surface area contributed by atoms with Gasteiger partial charge in [-0.05, 0) is 6.07 Å². The number of hydrogen-bond donors (Lipinski definition) is 1. The maximum absolute atomic E-state index is 12.3. The molecule has 0 atom stereocenters. The van der Waals surface area contributed by atoms with Gasteiger partial charge in [-0.25, -0.2) is 13.8 Å². The number of halogens is 2. The fourth-order valence-corrected chi connectivity index (χ4v) is 1.01. The number of aromatic nitrogens is 1. The van der Waals surface area contributed by atoms with Crippen molar-refractivity contribution in [2.45, 2.75) is 12.8 Å². The van der Waals surface area contributed by atoms with Gasteiger partial charge in [0.15, 0.2) is 5.75 Å². The third kappa shape index (κ3) is 2.18. The van der Waals surface area contributed by atoms with Crippen LogP contribution in [0.2, 0.25) is 0 Å². The third-order valence-electron chi connectivity index (χ3n) is 1.68. The van der Waals surface area contributed by atoms with Crippen LogP contribution in [0, 0.1) is 22.7 Å². The highest BCUT2D eigenvalue weighted by atomic mass is 19.3. The lowest BCUT2D eigenvalue weighted by Crippen LogP contribution is -1.98. The number of hydrogen-bond acceptors (Lipinski definition) is 4. The molecule has 76 valence electrons. The first-order valence-electron chi connectivity index (χ1n) is 3.88. The molecule has 1 N–H and O–H groups in total. The number of alkyl halides is 2. The van der Waals surface area contributed by atoms with E-state index in [1.54, 1.807) is 12.1 Å². The first kappa shape index (κ1) is 10.9. The van der Waals surface area contributed by atoms with Crippen molar-refractivity contribution in [3.8, 4) is 17.9 Å². The summed E-state index contributed by atoms with van der Waals surface area (Å²) in [5, 5.41) is 26.3. The van der Waals surface area contributed by atoms with Crippen LogP contribution in [0.15, 0.2) is 6.07 Å². The van der Waals surface area contributed by atoms with Gasteiger partial charge in [-0.2, -0.15) is 10.5 Å². The maximum Gasteiger partial charge on any atom is 0.280 e. The molecule has 0 saturated carbocycles. The van der Waals surface area contributed by atoms with Gasteiger partial charge in [0.25, 0.3) is 6.43 Å². The van der Waals surface area contributed by atoms with Gasteiger partial charge in [0.05, 0.1) is 23.7 Å². The molecule has 0 bridgehead atoms. The van der Waals surface area contributed by atoms with Crippen molar-refractivity contribution in [2.24, 2.45) is 0 Å². The average Bonchev–Trinajstić information content (AvgIpc) is 2.21. The quantitative estimate of drug-likeness (QED) is 0.803. The summed E-state index contributed by atoms with van der Waals surface area (Å²) < 4.78 is 24.6. The molecule has 0 radical (unpaired) electrons. The molecule has 4 nitrogen and oxygen atoms in total. The van der Waals surface area contributed by atoms with E-state index in [-0.39, 0.29) is 17.7 Å². The standard InChI is InChI=1S/C9H5F2N3O/c10-9(11)7-3-5(4-13)8(15)6(14-7)1-2-12/h3,9,15H,1H2. The van der Waals surface area contributed by atoms with E-state index in [1.807, 2.05) is 0 Å². The van der Waals surface area contributed by atoms with Gasteiger partial charge in [0, 0.05) is 0 Å². The van der Waals surface area contributed by atoms with Crippen LogP contribution in [0.25, 0.3) is 0 Å². The van der Waals surface area contributed by atoms with Crippen LogP contribution in [-0.4, -0.2) is 10.1 Å². The number of aromatic hydroxyl groups is 1. The lowest BCUT2D eigenvalue weighted by atomic mass is 10.1. The summed E-state index contributed by atoms with van der Waals surface area (Å²) in [5.74, 6) is -0.511. The van der Waals surface area contributed by atoms with E-state index < -0.39 is 17.9 Å². The van der Waals surface area contributed by atoms with Crippen molar-refractivity contribution in [2.75, 3.05) is 0 Å². The Morgan fingerprint density at radius 1 is 1.47 bits per heavy atom. The van der Waals surface area contributed by atoms with Gasteiger partial charge < -0.3 is 5.11 Å². The smallest absolute Gasteiger partial charge is 0.280 e. The van der Waals surface area contributed by atoms with E-state index in [9.17, 15) is 13.9 Å². The topological polar surface area (TPSA) is 80.7 Å². The highest BCUT2D eigenvalue weighted by Crippen LogP contribution is 2.26. The maximum atomic E-state index is 12.3. The van der Waals surface area contributed by atoms with Crippen LogP contribution < -0.4 is 0 Å². The zero-order chi connectivity index (χ0) is 11.4. The summed E-state index contributed by atoms with van der Waals surface area (Å²) in [6.07, 6.45) is -3.16. The van der Waals surface area contributed by atoms with E-state index in [2.05, 4.69) is 4.98 Å². The van der Waals surface area contributed by atoms with E-state index >= 15 is 0 Å². The number of nitrogens with zero attached hydrogens (tertiary/aromatic N) is 3. The highest BCUT2D eigenvalue weighted by Gasteiger charge is 2.16. The summed E-state index contributed by atoms with van der Waals surface area (Å²) in [7, 11) is 0. The molecule has 1 aromatic rings. The van der Waals surface area contributed by atoms with Crippen molar-refractivity contribution in [1.29, 1.82) is 10.5 Å². The van der Waals surface area contributed by atoms with Gasteiger partial charge in [-0.3, -0.25) is 0 Å². The summed E-state index contributed by atoms with van der Waals surface area (Å²) in [6.45, 7) is 0. The molecule has 0 aliphatic heterocycles. The molecule has 1 aromatic heterocycles. The fraction of sp³-hybridized carbons (Fsp3) is 0.222. The van der Waals surface area contributed by atoms with Crippen molar-refractivity contribution >= 4 is 0 Å². The summed E-state index contributed by atoms with van der Waals surface area (Å²) in [4.78, 5) is 3.40. The Kier molecular flexibility index (Phi) is 3.14. The molecule has 0 aromatic carbocycles. The predicted octanol–water partition coefficient (Wildman–Crippen LogP) is 1.66. The Labute approximate surface area is 84.0 Å². The largest absolute Gasteiger partial charge is 0.505 e. The molecule has 0 amide bonds. The third-order valence-corrected chi connectivity index (χ3v) is 1.68. The monoisotopic (exact) mass is 209 g/mol. The summed E-state index contributed by atoms with van der Waals surface area (Å²) >= 11 is 0. The van der Waals surface area contributed by atoms with Crippen LogP contribution in [-0.2, 0) is 6.42 Å². The second-order valence-electron chi connectivity index (χ2n) is 2.64. The van der Waals surface area contributed by atoms with Crippen LogP contribution in [0.1, 0.15) is 23.4 Å². The molecular weight excluding hydrogens is 204 g/mol. The van der Waals surface area contributed by atoms with Gasteiger partial charge in [0.2, 0.25) is 0 Å². The summed E-state index contributed by atoms with van der Waals surface area (Å²) in [5.41, 5.74) is -1.12. The Morgan fingerprint density at radius 2 is 2.13 bits per heavy atom. The van der Waals surface area contributed by atoms with Crippen LogP contribution >= 0.6 is 0 Å². The molecule has 1 heterocycles. The predicted molar refractivity (Wildman–Crippen MR) is 44.9 cm³/mol. The molecular formula is C9H5F2N3O. The van der Waals surface area contributed by atoms with Crippen molar-refractivity contribution in [3.05, 3.63) is 23.0 Å².